The zero-order valence-electron chi connectivity index (χ0n) is 31.2. The summed E-state index contributed by atoms with van der Waals surface area (Å²) < 4.78 is 2.71. The SMILES string of the molecule is CC1(C)c2cc(-c3c4ccccc4c(-c4ccc5cc(-c6ccccc6)ccc5c4)c4ccccc34)ccc2-c2c1ccc1ccc3sc4ccccc4c3c21. The number of fused-ring (bicyclic) bond motifs is 12. The molecule has 0 radical (unpaired) electrons. The van der Waals surface area contributed by atoms with Crippen molar-refractivity contribution in [3.63, 3.8) is 0 Å². The fourth-order valence-electron chi connectivity index (χ4n) is 9.97. The van der Waals surface area contributed by atoms with E-state index in [2.05, 4.69) is 196 Å². The highest BCUT2D eigenvalue weighted by molar-refractivity contribution is 7.26. The molecular weight excluding hydrogens is 693 g/mol. The monoisotopic (exact) mass is 728 g/mol. The highest BCUT2D eigenvalue weighted by Crippen LogP contribution is 2.55. The fourth-order valence-corrected chi connectivity index (χ4v) is 11.1. The molecule has 1 heteroatoms. The first-order valence-electron chi connectivity index (χ1n) is 19.6. The number of benzene rings is 10. The molecule has 0 aliphatic heterocycles. The zero-order chi connectivity index (χ0) is 37.1. The van der Waals surface area contributed by atoms with Gasteiger partial charge in [0.05, 0.1) is 0 Å². The molecule has 0 saturated heterocycles. The molecule has 0 unspecified atom stereocenters. The number of rotatable bonds is 3. The third kappa shape index (κ3) is 4.47. The van der Waals surface area contributed by atoms with Crippen LogP contribution in [0.2, 0.25) is 0 Å². The summed E-state index contributed by atoms with van der Waals surface area (Å²) in [5.74, 6) is 0. The van der Waals surface area contributed by atoms with Gasteiger partial charge in [0.2, 0.25) is 0 Å². The van der Waals surface area contributed by atoms with E-state index in [4.69, 9.17) is 0 Å². The zero-order valence-corrected chi connectivity index (χ0v) is 32.0. The minimum absolute atomic E-state index is 0.153. The predicted molar refractivity (Wildman–Crippen MR) is 243 cm³/mol. The quantitative estimate of drug-likeness (QED) is 0.159. The molecule has 0 amide bonds. The Balaban J connectivity index is 1.07. The van der Waals surface area contributed by atoms with Gasteiger partial charge in [-0.05, 0) is 129 Å². The number of hydrogen-bond donors (Lipinski definition) is 0. The third-order valence-electron chi connectivity index (χ3n) is 12.6. The molecule has 0 spiro atoms. The van der Waals surface area contributed by atoms with Gasteiger partial charge in [0.1, 0.15) is 0 Å². The lowest BCUT2D eigenvalue weighted by molar-refractivity contribution is 0.661. The second-order valence-corrected chi connectivity index (χ2v) is 17.1. The molecule has 1 aliphatic carbocycles. The number of thiophene rings is 1. The summed E-state index contributed by atoms with van der Waals surface area (Å²) >= 11 is 1.90. The summed E-state index contributed by atoms with van der Waals surface area (Å²) in [5.41, 5.74) is 13.0. The predicted octanol–water partition coefficient (Wildman–Crippen LogP) is 16.0. The van der Waals surface area contributed by atoms with Crippen LogP contribution in [0, 0.1) is 0 Å². The molecule has 1 aliphatic rings. The van der Waals surface area contributed by atoms with Gasteiger partial charge in [-0.3, -0.25) is 0 Å². The molecule has 0 atom stereocenters. The van der Waals surface area contributed by atoms with E-state index in [0.29, 0.717) is 0 Å². The smallest absolute Gasteiger partial charge is 0.0362 e. The molecule has 1 aromatic heterocycles. The van der Waals surface area contributed by atoms with Crippen LogP contribution in [0.3, 0.4) is 0 Å². The van der Waals surface area contributed by atoms with Crippen LogP contribution in [0.15, 0.2) is 182 Å². The van der Waals surface area contributed by atoms with Gasteiger partial charge in [-0.1, -0.05) is 166 Å². The van der Waals surface area contributed by atoms with Crippen LogP contribution in [0.1, 0.15) is 25.0 Å². The minimum atomic E-state index is -0.153. The van der Waals surface area contributed by atoms with E-state index in [0.717, 1.165) is 0 Å². The Morgan fingerprint density at radius 2 is 0.875 bits per heavy atom. The van der Waals surface area contributed by atoms with Crippen molar-refractivity contribution in [3.05, 3.63) is 193 Å². The van der Waals surface area contributed by atoms with Gasteiger partial charge in [0.25, 0.3) is 0 Å². The minimum Gasteiger partial charge on any atom is -0.135 e. The van der Waals surface area contributed by atoms with Crippen LogP contribution in [0.5, 0.6) is 0 Å². The summed E-state index contributed by atoms with van der Waals surface area (Å²) in [6.45, 7) is 4.84. The Bertz CT molecular complexity index is 3380. The first-order chi connectivity index (χ1) is 27.5. The molecule has 1 heterocycles. The Labute approximate surface area is 329 Å². The van der Waals surface area contributed by atoms with Crippen molar-refractivity contribution in [1.29, 1.82) is 0 Å². The highest BCUT2D eigenvalue weighted by atomic mass is 32.1. The largest absolute Gasteiger partial charge is 0.135 e. The van der Waals surface area contributed by atoms with Crippen LogP contribution in [0.25, 0.3) is 108 Å². The molecule has 262 valence electrons. The molecule has 0 N–H and O–H groups in total. The lowest BCUT2D eigenvalue weighted by Crippen LogP contribution is -2.15. The van der Waals surface area contributed by atoms with Gasteiger partial charge in [0.15, 0.2) is 0 Å². The molecule has 0 bridgehead atoms. The van der Waals surface area contributed by atoms with Crippen molar-refractivity contribution in [1.82, 2.24) is 0 Å². The van der Waals surface area contributed by atoms with Crippen LogP contribution in [-0.2, 0) is 5.41 Å². The average Bonchev–Trinajstić information content (AvgIpc) is 3.74. The molecule has 10 aromatic carbocycles. The maximum atomic E-state index is 2.52. The van der Waals surface area contributed by atoms with Gasteiger partial charge in [-0.25, -0.2) is 0 Å². The third-order valence-corrected chi connectivity index (χ3v) is 13.8. The van der Waals surface area contributed by atoms with Gasteiger partial charge in [-0.2, -0.15) is 0 Å². The lowest BCUT2D eigenvalue weighted by atomic mass is 9.80. The first-order valence-corrected chi connectivity index (χ1v) is 20.4. The lowest BCUT2D eigenvalue weighted by Gasteiger charge is -2.23. The summed E-state index contributed by atoms with van der Waals surface area (Å²) in [6, 6.07) is 68.2. The van der Waals surface area contributed by atoms with Gasteiger partial charge in [-0.15, -0.1) is 11.3 Å². The van der Waals surface area contributed by atoms with Crippen LogP contribution >= 0.6 is 11.3 Å². The summed E-state index contributed by atoms with van der Waals surface area (Å²) in [7, 11) is 0. The van der Waals surface area contributed by atoms with Crippen molar-refractivity contribution < 1.29 is 0 Å². The second kappa shape index (κ2) is 11.7. The maximum Gasteiger partial charge on any atom is 0.0362 e. The Hall–Kier alpha value is -6.54. The van der Waals surface area contributed by atoms with E-state index < -0.39 is 0 Å². The van der Waals surface area contributed by atoms with E-state index in [1.165, 1.54) is 119 Å². The van der Waals surface area contributed by atoms with Crippen LogP contribution in [-0.4, -0.2) is 0 Å². The maximum absolute atomic E-state index is 2.52. The first kappa shape index (κ1) is 31.8. The summed E-state index contributed by atoms with van der Waals surface area (Å²) in [4.78, 5) is 0. The standard InChI is InChI=1S/C55H36S/c1-55(2)46-28-25-34-26-29-49-54(45-18-10-11-19-48(45)56-49)52(34)53(46)44-27-24-39(32-47(44)55)51-42-16-8-6-14-40(42)50(41-15-7-9-17-43(41)51)38-23-22-36-30-35(20-21-37(36)31-38)33-12-4-3-5-13-33/h3-32H,1-2H3. The Kier molecular flexibility index (Phi) is 6.66. The van der Waals surface area contributed by atoms with Gasteiger partial charge < -0.3 is 0 Å². The van der Waals surface area contributed by atoms with E-state index in [1.807, 2.05) is 11.3 Å². The Morgan fingerprint density at radius 3 is 1.57 bits per heavy atom. The molecule has 0 saturated carbocycles. The summed E-state index contributed by atoms with van der Waals surface area (Å²) in [6.07, 6.45) is 0. The highest BCUT2D eigenvalue weighted by Gasteiger charge is 2.37. The van der Waals surface area contributed by atoms with E-state index in [9.17, 15) is 0 Å². The molecule has 11 aromatic rings. The molecule has 12 rings (SSSR count). The average molecular weight is 729 g/mol. The fraction of sp³-hybridized carbons (Fsp3) is 0.0545. The Morgan fingerprint density at radius 1 is 0.339 bits per heavy atom. The van der Waals surface area contributed by atoms with Crippen molar-refractivity contribution in [2.24, 2.45) is 0 Å². The van der Waals surface area contributed by atoms with Gasteiger partial charge >= 0.3 is 0 Å². The van der Waals surface area contributed by atoms with E-state index >= 15 is 0 Å². The molecule has 0 nitrogen and oxygen atoms in total. The van der Waals surface area contributed by atoms with E-state index in [-0.39, 0.29) is 5.41 Å². The number of hydrogen-bond acceptors (Lipinski definition) is 1. The van der Waals surface area contributed by atoms with Crippen LogP contribution < -0.4 is 0 Å². The second-order valence-electron chi connectivity index (χ2n) is 16.0. The van der Waals surface area contributed by atoms with Crippen LogP contribution in [0.4, 0.5) is 0 Å². The molecular formula is C55H36S. The topological polar surface area (TPSA) is 0 Å². The summed E-state index contributed by atoms with van der Waals surface area (Å²) in [5, 5.41) is 13.1. The van der Waals surface area contributed by atoms with Gasteiger partial charge in [0, 0.05) is 25.6 Å². The normalized spacial score (nSPS) is 13.3. The molecule has 0 fully saturated rings. The van der Waals surface area contributed by atoms with Crippen molar-refractivity contribution in [2.75, 3.05) is 0 Å². The van der Waals surface area contributed by atoms with E-state index in [1.54, 1.807) is 0 Å². The van der Waals surface area contributed by atoms with Crippen molar-refractivity contribution >= 4 is 74.6 Å². The van der Waals surface area contributed by atoms with Crippen molar-refractivity contribution in [2.45, 2.75) is 19.3 Å². The van der Waals surface area contributed by atoms with Crippen molar-refractivity contribution in [3.8, 4) is 44.5 Å². The molecule has 56 heavy (non-hydrogen) atoms.